The minimum absolute atomic E-state index is 0.0992. The first-order valence-electron chi connectivity index (χ1n) is 11.3. The second-order valence-corrected chi connectivity index (χ2v) is 9.45. The second-order valence-electron chi connectivity index (χ2n) is 8.08. The van der Waals surface area contributed by atoms with Crippen LogP contribution in [0, 0.1) is 0 Å². The van der Waals surface area contributed by atoms with Crippen LogP contribution in [0.4, 0.5) is 17.6 Å². The Morgan fingerprint density at radius 1 is 1.23 bits per heavy atom. The van der Waals surface area contributed by atoms with E-state index in [0.717, 1.165) is 24.6 Å². The zero-order valence-electron chi connectivity index (χ0n) is 22.1. The Balaban J connectivity index is 0.000000940. The molecule has 0 aromatic carbocycles. The van der Waals surface area contributed by atoms with Gasteiger partial charge in [0.15, 0.2) is 10.2 Å². The Morgan fingerprint density at radius 3 is 2.31 bits per heavy atom. The summed E-state index contributed by atoms with van der Waals surface area (Å²) in [5, 5.41) is 6.19. The normalized spacial score (nSPS) is 17.6. The van der Waals surface area contributed by atoms with Gasteiger partial charge in [0.25, 0.3) is 0 Å². The minimum Gasteiger partial charge on any atom is -0.350 e. The molecular weight excluding hydrogens is 562 g/mol. The summed E-state index contributed by atoms with van der Waals surface area (Å²) in [6.45, 7) is 13.0. The molecule has 39 heavy (non-hydrogen) atoms. The van der Waals surface area contributed by atoms with Crippen molar-refractivity contribution in [3.8, 4) is 5.00 Å². The molecule has 2 atom stereocenters. The van der Waals surface area contributed by atoms with Gasteiger partial charge in [-0.25, -0.2) is 14.1 Å². The molecule has 1 amide bonds. The zero-order valence-corrected chi connectivity index (χ0v) is 23.7. The van der Waals surface area contributed by atoms with E-state index in [1.54, 1.807) is 12.2 Å². The Hall–Kier alpha value is -3.16. The average molecular weight is 594 g/mol. The van der Waals surface area contributed by atoms with Gasteiger partial charge in [-0.2, -0.15) is 18.3 Å². The largest absolute Gasteiger partial charge is 0.443 e. The maximum absolute atomic E-state index is 12.7. The Bertz CT molecular complexity index is 1130. The summed E-state index contributed by atoms with van der Waals surface area (Å²) < 4.78 is 51.2. The molecule has 1 aliphatic heterocycles. The highest BCUT2D eigenvalue weighted by atomic mass is 35.5. The van der Waals surface area contributed by atoms with Gasteiger partial charge in [0.05, 0.1) is 18.1 Å². The lowest BCUT2D eigenvalue weighted by Gasteiger charge is -2.22. The number of rotatable bonds is 6. The lowest BCUT2D eigenvalue weighted by atomic mass is 10.2. The van der Waals surface area contributed by atoms with Crippen LogP contribution in [0.25, 0.3) is 5.00 Å². The van der Waals surface area contributed by atoms with Crippen LogP contribution in [-0.4, -0.2) is 58.3 Å². The van der Waals surface area contributed by atoms with Crippen LogP contribution in [0.1, 0.15) is 44.2 Å². The average Bonchev–Trinajstić information content (AvgIpc) is 3.63. The number of likely N-dealkylation sites (tertiary alicyclic amines) is 1. The molecule has 8 nitrogen and oxygen atoms in total. The first-order valence-corrected chi connectivity index (χ1v) is 12.5. The summed E-state index contributed by atoms with van der Waals surface area (Å²) in [6.07, 6.45) is 4.61. The van der Waals surface area contributed by atoms with Gasteiger partial charge in [-0.15, -0.1) is 0 Å². The van der Waals surface area contributed by atoms with E-state index in [9.17, 15) is 22.4 Å². The van der Waals surface area contributed by atoms with Crippen molar-refractivity contribution in [3.63, 3.8) is 0 Å². The van der Waals surface area contributed by atoms with Crippen molar-refractivity contribution in [2.24, 2.45) is 0 Å². The first-order chi connectivity index (χ1) is 18.3. The van der Waals surface area contributed by atoms with Gasteiger partial charge in [0.1, 0.15) is 18.6 Å². The third kappa shape index (κ3) is 11.6. The Labute approximate surface area is 234 Å². The highest BCUT2D eigenvalue weighted by molar-refractivity contribution is 7.14. The molecule has 0 unspecified atom stereocenters. The third-order valence-electron chi connectivity index (χ3n) is 5.40. The number of carbonyl (C=O) groups is 3. The number of hydrogen-bond acceptors (Lipinski definition) is 7. The molecule has 1 saturated heterocycles. The summed E-state index contributed by atoms with van der Waals surface area (Å²) >= 11 is 6.53. The van der Waals surface area contributed by atoms with Crippen molar-refractivity contribution in [3.05, 3.63) is 64.3 Å². The van der Waals surface area contributed by atoms with Crippen LogP contribution in [0.2, 0.25) is 5.15 Å². The van der Waals surface area contributed by atoms with Crippen LogP contribution in [0.3, 0.4) is 0 Å². The lowest BCUT2D eigenvalue weighted by molar-refractivity contribution is -0.137. The quantitative estimate of drug-likeness (QED) is 0.340. The predicted molar refractivity (Wildman–Crippen MR) is 144 cm³/mol. The van der Waals surface area contributed by atoms with Gasteiger partial charge in [-0.3, -0.25) is 9.69 Å². The molecule has 0 aliphatic carbocycles. The number of nitrogens with zero attached hydrogens (tertiary/aromatic N) is 4. The van der Waals surface area contributed by atoms with E-state index < -0.39 is 11.2 Å². The smallest absolute Gasteiger partial charge is 0.350 e. The van der Waals surface area contributed by atoms with Gasteiger partial charge in [0, 0.05) is 24.3 Å². The molecular formula is C25H32ClF4N5O3S. The van der Waals surface area contributed by atoms with Crippen molar-refractivity contribution in [1.82, 2.24) is 25.0 Å². The SMILES string of the molecule is C=C/C(C)=C\C=C(/C)F.C=O.C=O.C[C@H]1CC[C@@H](C(=O)NCc2cn(-c3cnc(C(F)(F)F)s3)nc2Cl)N1C. The van der Waals surface area contributed by atoms with E-state index in [-0.39, 0.29) is 34.5 Å². The van der Waals surface area contributed by atoms with E-state index in [0.29, 0.717) is 22.9 Å². The van der Waals surface area contributed by atoms with Crippen LogP contribution < -0.4 is 5.32 Å². The molecule has 1 fully saturated rings. The number of alkyl halides is 3. The lowest BCUT2D eigenvalue weighted by Crippen LogP contribution is -2.43. The van der Waals surface area contributed by atoms with Crippen molar-refractivity contribution < 1.29 is 31.9 Å². The van der Waals surface area contributed by atoms with E-state index in [2.05, 4.69) is 28.9 Å². The zero-order chi connectivity index (χ0) is 30.3. The molecule has 0 radical (unpaired) electrons. The summed E-state index contributed by atoms with van der Waals surface area (Å²) in [4.78, 5) is 33.7. The van der Waals surface area contributed by atoms with Gasteiger partial charge in [-0.05, 0) is 46.7 Å². The van der Waals surface area contributed by atoms with Crippen LogP contribution in [0.15, 0.2) is 48.6 Å². The Kier molecular flexibility index (Phi) is 16.0. The fourth-order valence-corrected chi connectivity index (χ4v) is 4.08. The van der Waals surface area contributed by atoms with E-state index in [4.69, 9.17) is 21.2 Å². The number of carbonyl (C=O) groups excluding carboxylic acids is 3. The number of nitrogens with one attached hydrogen (secondary N) is 1. The summed E-state index contributed by atoms with van der Waals surface area (Å²) in [5.41, 5.74) is 1.49. The molecule has 0 saturated carbocycles. The summed E-state index contributed by atoms with van der Waals surface area (Å²) in [6, 6.07) is 0.168. The van der Waals surface area contributed by atoms with Crippen molar-refractivity contribution in [2.75, 3.05) is 7.05 Å². The number of thiazole rings is 1. The highest BCUT2D eigenvalue weighted by Gasteiger charge is 2.35. The molecule has 1 aliphatic rings. The summed E-state index contributed by atoms with van der Waals surface area (Å²) in [7, 11) is 1.91. The summed E-state index contributed by atoms with van der Waals surface area (Å²) in [5.74, 6) is -0.283. The monoisotopic (exact) mass is 593 g/mol. The molecule has 2 aromatic rings. The maximum atomic E-state index is 12.7. The van der Waals surface area contributed by atoms with Crippen LogP contribution >= 0.6 is 22.9 Å². The fraction of sp³-hybridized carbons (Fsp3) is 0.400. The van der Waals surface area contributed by atoms with E-state index in [1.165, 1.54) is 23.9 Å². The third-order valence-corrected chi connectivity index (χ3v) is 6.75. The standard InChI is InChI=1S/C15H17ClF3N5OS.C8H11F.2CH2O/c1-8-3-4-10(23(8)2)13(25)20-5-9-7-24(22-12(9)16)11-6-21-14(26-11)15(17,18)19;1-4-7(2)5-6-8(3)9;2*1-2/h6-8,10H,3-5H2,1-2H3,(H,20,25);4-6H,1H2,2-3H3;2*1H2/b;7-5-,8-6+;;/t8-,10-;;;/m0.../s1. The van der Waals surface area contributed by atoms with Gasteiger partial charge >= 0.3 is 6.18 Å². The van der Waals surface area contributed by atoms with Crippen molar-refractivity contribution in [1.29, 1.82) is 0 Å². The maximum Gasteiger partial charge on any atom is 0.443 e. The molecule has 3 rings (SSSR count). The molecule has 2 aromatic heterocycles. The molecule has 0 bridgehead atoms. The first kappa shape index (κ1) is 35.8. The van der Waals surface area contributed by atoms with Crippen LogP contribution in [0.5, 0.6) is 0 Å². The molecule has 14 heteroatoms. The molecule has 0 spiro atoms. The number of amides is 1. The van der Waals surface area contributed by atoms with Crippen LogP contribution in [-0.2, 0) is 27.1 Å². The number of likely N-dealkylation sites (N-methyl/N-ethyl adjacent to an activating group) is 1. The number of allylic oxidation sites excluding steroid dienone is 5. The van der Waals surface area contributed by atoms with Gasteiger partial charge in [0.2, 0.25) is 5.91 Å². The number of aromatic nitrogens is 3. The Morgan fingerprint density at radius 2 is 1.85 bits per heavy atom. The highest BCUT2D eigenvalue weighted by Crippen LogP contribution is 2.34. The van der Waals surface area contributed by atoms with Crippen molar-refractivity contribution >= 4 is 42.4 Å². The molecule has 1 N–H and O–H groups in total. The number of hydrogen-bond donors (Lipinski definition) is 1. The van der Waals surface area contributed by atoms with E-state index >= 15 is 0 Å². The molecule has 216 valence electrons. The predicted octanol–water partition coefficient (Wildman–Crippen LogP) is 5.72. The van der Waals surface area contributed by atoms with Gasteiger partial charge < -0.3 is 14.9 Å². The molecule has 3 heterocycles. The van der Waals surface area contributed by atoms with E-state index in [1.807, 2.05) is 32.4 Å². The topological polar surface area (TPSA) is 97.2 Å². The number of halogens is 5. The van der Waals surface area contributed by atoms with Crippen molar-refractivity contribution in [2.45, 2.75) is 58.4 Å². The minimum atomic E-state index is -4.50. The van der Waals surface area contributed by atoms with Gasteiger partial charge in [-0.1, -0.05) is 47.2 Å². The second kappa shape index (κ2) is 17.4. The fourth-order valence-electron chi connectivity index (χ4n) is 3.17.